The summed E-state index contributed by atoms with van der Waals surface area (Å²) in [5, 5.41) is 13.8. The highest BCUT2D eigenvalue weighted by Crippen LogP contribution is 2.22. The molecular weight excluding hydrogens is 296 g/mol. The molecule has 2 unspecified atom stereocenters. The fourth-order valence-electron chi connectivity index (χ4n) is 2.41. The quantitative estimate of drug-likeness (QED) is 0.850. The molecule has 2 rings (SSSR count). The van der Waals surface area contributed by atoms with Crippen LogP contribution in [0.1, 0.15) is 30.1 Å². The highest BCUT2D eigenvalue weighted by Gasteiger charge is 2.14. The second-order valence-electron chi connectivity index (χ2n) is 5.66. The standard InChI is InChI=1S/C18H23ClN2O/c1-13(14-6-10-17(11-7-14)21(2)3)20-18(12-22)15-4-8-16(19)9-5-15/h4-11,13,18,20,22H,12H2,1-3H3. The predicted octanol–water partition coefficient (Wildman–Crippen LogP) is 3.79. The van der Waals surface area contributed by atoms with Gasteiger partial charge in [0, 0.05) is 30.8 Å². The van der Waals surface area contributed by atoms with Crippen LogP contribution in [0.5, 0.6) is 0 Å². The van der Waals surface area contributed by atoms with Crippen molar-refractivity contribution in [3.05, 3.63) is 64.7 Å². The van der Waals surface area contributed by atoms with E-state index in [-0.39, 0.29) is 18.7 Å². The highest BCUT2D eigenvalue weighted by molar-refractivity contribution is 6.30. The fourth-order valence-corrected chi connectivity index (χ4v) is 2.53. The third kappa shape index (κ3) is 4.23. The van der Waals surface area contributed by atoms with Gasteiger partial charge in [0.25, 0.3) is 0 Å². The Balaban J connectivity index is 2.08. The summed E-state index contributed by atoms with van der Waals surface area (Å²) in [7, 11) is 4.05. The first-order valence-corrected chi connectivity index (χ1v) is 7.78. The van der Waals surface area contributed by atoms with E-state index in [9.17, 15) is 5.11 Å². The Morgan fingerprint density at radius 2 is 1.55 bits per heavy atom. The molecule has 2 atom stereocenters. The van der Waals surface area contributed by atoms with E-state index < -0.39 is 0 Å². The van der Waals surface area contributed by atoms with Crippen molar-refractivity contribution < 1.29 is 5.11 Å². The number of nitrogens with zero attached hydrogens (tertiary/aromatic N) is 1. The molecule has 2 N–H and O–H groups in total. The average molecular weight is 319 g/mol. The largest absolute Gasteiger partial charge is 0.394 e. The summed E-state index contributed by atoms with van der Waals surface area (Å²) < 4.78 is 0. The van der Waals surface area contributed by atoms with Crippen LogP contribution in [0, 0.1) is 0 Å². The third-order valence-electron chi connectivity index (χ3n) is 3.82. The van der Waals surface area contributed by atoms with Crippen LogP contribution in [0.3, 0.4) is 0 Å². The molecule has 0 bridgehead atoms. The van der Waals surface area contributed by atoms with Crippen LogP contribution in [-0.4, -0.2) is 25.8 Å². The smallest absolute Gasteiger partial charge is 0.0626 e. The number of hydrogen-bond acceptors (Lipinski definition) is 3. The average Bonchev–Trinajstić information content (AvgIpc) is 2.53. The molecule has 0 fully saturated rings. The fraction of sp³-hybridized carbons (Fsp3) is 0.333. The molecule has 0 saturated heterocycles. The lowest BCUT2D eigenvalue weighted by atomic mass is 10.0. The van der Waals surface area contributed by atoms with Crippen molar-refractivity contribution in [2.75, 3.05) is 25.6 Å². The summed E-state index contributed by atoms with van der Waals surface area (Å²) in [5.41, 5.74) is 3.40. The zero-order valence-corrected chi connectivity index (χ0v) is 14.0. The molecule has 0 aliphatic carbocycles. The van der Waals surface area contributed by atoms with Crippen LogP contribution < -0.4 is 10.2 Å². The van der Waals surface area contributed by atoms with Gasteiger partial charge in [-0.3, -0.25) is 0 Å². The van der Waals surface area contributed by atoms with E-state index in [4.69, 9.17) is 11.6 Å². The Labute approximate surface area is 137 Å². The maximum atomic E-state index is 9.66. The molecule has 0 spiro atoms. The molecule has 2 aromatic carbocycles. The van der Waals surface area contributed by atoms with Crippen LogP contribution in [0.2, 0.25) is 5.02 Å². The molecule has 2 aromatic rings. The van der Waals surface area contributed by atoms with Gasteiger partial charge in [-0.2, -0.15) is 0 Å². The molecule has 118 valence electrons. The first kappa shape index (κ1) is 16.8. The van der Waals surface area contributed by atoms with Gasteiger partial charge in [-0.15, -0.1) is 0 Å². The second kappa shape index (κ2) is 7.63. The summed E-state index contributed by atoms with van der Waals surface area (Å²) in [6.45, 7) is 2.14. The molecule has 0 aliphatic heterocycles. The van der Waals surface area contributed by atoms with E-state index in [1.807, 2.05) is 38.4 Å². The third-order valence-corrected chi connectivity index (χ3v) is 4.07. The van der Waals surface area contributed by atoms with Gasteiger partial charge >= 0.3 is 0 Å². The van der Waals surface area contributed by atoms with E-state index in [1.54, 1.807) is 0 Å². The molecule has 22 heavy (non-hydrogen) atoms. The lowest BCUT2D eigenvalue weighted by Gasteiger charge is -2.23. The Bertz CT molecular complexity index is 581. The molecule has 0 amide bonds. The van der Waals surface area contributed by atoms with Gasteiger partial charge in [-0.1, -0.05) is 35.9 Å². The lowest BCUT2D eigenvalue weighted by molar-refractivity contribution is 0.235. The number of hydrogen-bond donors (Lipinski definition) is 2. The highest BCUT2D eigenvalue weighted by atomic mass is 35.5. The maximum Gasteiger partial charge on any atom is 0.0626 e. The summed E-state index contributed by atoms with van der Waals surface area (Å²) >= 11 is 5.91. The predicted molar refractivity (Wildman–Crippen MR) is 93.6 cm³/mol. The zero-order chi connectivity index (χ0) is 16.1. The Morgan fingerprint density at radius 1 is 1.00 bits per heavy atom. The molecule has 3 nitrogen and oxygen atoms in total. The van der Waals surface area contributed by atoms with Crippen LogP contribution in [-0.2, 0) is 0 Å². The number of anilines is 1. The van der Waals surface area contributed by atoms with Crippen LogP contribution >= 0.6 is 11.6 Å². The zero-order valence-electron chi connectivity index (χ0n) is 13.3. The van der Waals surface area contributed by atoms with Crippen LogP contribution in [0.4, 0.5) is 5.69 Å². The Kier molecular flexibility index (Phi) is 5.83. The number of rotatable bonds is 6. The molecule has 0 heterocycles. The summed E-state index contributed by atoms with van der Waals surface area (Å²) in [6.07, 6.45) is 0. The molecule has 0 radical (unpaired) electrons. The number of benzene rings is 2. The monoisotopic (exact) mass is 318 g/mol. The van der Waals surface area contributed by atoms with Crippen molar-refractivity contribution in [2.24, 2.45) is 0 Å². The molecule has 0 saturated carbocycles. The van der Waals surface area contributed by atoms with Crippen molar-refractivity contribution in [3.63, 3.8) is 0 Å². The van der Waals surface area contributed by atoms with Crippen molar-refractivity contribution in [1.82, 2.24) is 5.32 Å². The summed E-state index contributed by atoms with van der Waals surface area (Å²) in [5.74, 6) is 0. The van der Waals surface area contributed by atoms with Crippen molar-refractivity contribution >= 4 is 17.3 Å². The van der Waals surface area contributed by atoms with Crippen LogP contribution in [0.15, 0.2) is 48.5 Å². The minimum atomic E-state index is -0.110. The number of nitrogens with one attached hydrogen (secondary N) is 1. The van der Waals surface area contributed by atoms with Crippen LogP contribution in [0.25, 0.3) is 0 Å². The van der Waals surface area contributed by atoms with Crippen molar-refractivity contribution in [2.45, 2.75) is 19.0 Å². The number of aliphatic hydroxyl groups is 1. The number of halogens is 1. The first-order chi connectivity index (χ1) is 10.5. The van der Waals surface area contributed by atoms with Gasteiger partial charge < -0.3 is 15.3 Å². The topological polar surface area (TPSA) is 35.5 Å². The van der Waals surface area contributed by atoms with E-state index in [0.29, 0.717) is 5.02 Å². The van der Waals surface area contributed by atoms with Gasteiger partial charge in [0.2, 0.25) is 0 Å². The summed E-state index contributed by atoms with van der Waals surface area (Å²) in [6, 6.07) is 16.0. The molecular formula is C18H23ClN2O. The van der Waals surface area contributed by atoms with E-state index in [0.717, 1.165) is 5.56 Å². The SMILES string of the molecule is CC(NC(CO)c1ccc(Cl)cc1)c1ccc(N(C)C)cc1. The Morgan fingerprint density at radius 3 is 2.05 bits per heavy atom. The minimum absolute atomic E-state index is 0.0434. The van der Waals surface area contributed by atoms with E-state index in [1.165, 1.54) is 11.3 Å². The van der Waals surface area contributed by atoms with Crippen molar-refractivity contribution in [1.29, 1.82) is 0 Å². The second-order valence-corrected chi connectivity index (χ2v) is 6.10. The van der Waals surface area contributed by atoms with Gasteiger partial charge in [-0.25, -0.2) is 0 Å². The minimum Gasteiger partial charge on any atom is -0.394 e. The van der Waals surface area contributed by atoms with E-state index in [2.05, 4.69) is 41.4 Å². The maximum absolute atomic E-state index is 9.66. The Hall–Kier alpha value is -1.55. The summed E-state index contributed by atoms with van der Waals surface area (Å²) in [4.78, 5) is 2.08. The lowest BCUT2D eigenvalue weighted by Crippen LogP contribution is -2.27. The normalized spacial score (nSPS) is 13.7. The van der Waals surface area contributed by atoms with Gasteiger partial charge in [0.1, 0.15) is 0 Å². The van der Waals surface area contributed by atoms with Gasteiger partial charge in [0.15, 0.2) is 0 Å². The van der Waals surface area contributed by atoms with Crippen molar-refractivity contribution in [3.8, 4) is 0 Å². The molecule has 0 aromatic heterocycles. The molecule has 4 heteroatoms. The van der Waals surface area contributed by atoms with E-state index >= 15 is 0 Å². The first-order valence-electron chi connectivity index (χ1n) is 7.41. The number of aliphatic hydroxyl groups excluding tert-OH is 1. The van der Waals surface area contributed by atoms with Gasteiger partial charge in [0.05, 0.1) is 12.6 Å². The molecule has 0 aliphatic rings. The van der Waals surface area contributed by atoms with Gasteiger partial charge in [-0.05, 0) is 42.3 Å².